The van der Waals surface area contributed by atoms with Gasteiger partial charge in [-0.25, -0.2) is 0 Å². The Hall–Kier alpha value is -1.33. The Morgan fingerprint density at radius 2 is 1.79 bits per heavy atom. The van der Waals surface area contributed by atoms with E-state index >= 15 is 0 Å². The summed E-state index contributed by atoms with van der Waals surface area (Å²) in [6.45, 7) is 3.89. The lowest BCUT2D eigenvalue weighted by molar-refractivity contribution is 0.112. The quantitative estimate of drug-likeness (QED) is 0.794. The minimum Gasteiger partial charge on any atom is -0.387 e. The number of hydrogen-bond acceptors (Lipinski definition) is 2. The van der Waals surface area contributed by atoms with Crippen molar-refractivity contribution in [1.82, 2.24) is 0 Å². The van der Waals surface area contributed by atoms with E-state index in [-0.39, 0.29) is 11.8 Å². The summed E-state index contributed by atoms with van der Waals surface area (Å²) in [6, 6.07) is 11.5. The Balaban J connectivity index is 2.85. The van der Waals surface area contributed by atoms with Crippen LogP contribution in [0.25, 0.3) is 0 Å². The van der Waals surface area contributed by atoms with E-state index in [0.717, 1.165) is 5.56 Å². The van der Waals surface area contributed by atoms with Crippen molar-refractivity contribution in [2.24, 2.45) is 11.8 Å². The van der Waals surface area contributed by atoms with Crippen LogP contribution in [0.4, 0.5) is 0 Å². The first-order valence-corrected chi connectivity index (χ1v) is 4.79. The molecule has 0 aliphatic carbocycles. The second-order valence-corrected chi connectivity index (χ2v) is 3.75. The first-order valence-electron chi connectivity index (χ1n) is 4.79. The van der Waals surface area contributed by atoms with Crippen molar-refractivity contribution < 1.29 is 5.11 Å². The topological polar surface area (TPSA) is 44.0 Å². The van der Waals surface area contributed by atoms with Crippen LogP contribution >= 0.6 is 0 Å². The SMILES string of the molecule is CC(C)[C@H](C#N)[C@H](O)c1ccccc1. The monoisotopic (exact) mass is 189 g/mol. The molecule has 0 unspecified atom stereocenters. The van der Waals surface area contributed by atoms with Crippen LogP contribution in [0, 0.1) is 23.2 Å². The van der Waals surface area contributed by atoms with Crippen molar-refractivity contribution in [3.8, 4) is 6.07 Å². The zero-order valence-corrected chi connectivity index (χ0v) is 8.51. The van der Waals surface area contributed by atoms with Crippen LogP contribution in [0.3, 0.4) is 0 Å². The number of aliphatic hydroxyl groups excluding tert-OH is 1. The number of rotatable bonds is 3. The Morgan fingerprint density at radius 1 is 1.21 bits per heavy atom. The molecule has 74 valence electrons. The maximum atomic E-state index is 9.93. The molecule has 0 heterocycles. The molecular formula is C12H15NO. The summed E-state index contributed by atoms with van der Waals surface area (Å²) in [5.41, 5.74) is 0.813. The Morgan fingerprint density at radius 3 is 2.21 bits per heavy atom. The fraction of sp³-hybridized carbons (Fsp3) is 0.417. The molecule has 0 bridgehead atoms. The van der Waals surface area contributed by atoms with Crippen LogP contribution in [0.15, 0.2) is 30.3 Å². The zero-order chi connectivity index (χ0) is 10.6. The summed E-state index contributed by atoms with van der Waals surface area (Å²) in [5, 5.41) is 18.8. The van der Waals surface area contributed by atoms with Gasteiger partial charge < -0.3 is 5.11 Å². The molecule has 0 fully saturated rings. The number of hydrogen-bond donors (Lipinski definition) is 1. The first-order chi connectivity index (χ1) is 6.66. The van der Waals surface area contributed by atoms with Gasteiger partial charge in [-0.2, -0.15) is 5.26 Å². The highest BCUT2D eigenvalue weighted by Crippen LogP contribution is 2.26. The van der Waals surface area contributed by atoms with Crippen LogP contribution in [0.1, 0.15) is 25.5 Å². The van der Waals surface area contributed by atoms with Gasteiger partial charge in [0.15, 0.2) is 0 Å². The molecule has 0 aromatic heterocycles. The molecule has 0 aliphatic heterocycles. The van der Waals surface area contributed by atoms with Crippen LogP contribution in [0.5, 0.6) is 0 Å². The molecule has 1 aromatic carbocycles. The van der Waals surface area contributed by atoms with Crippen molar-refractivity contribution in [3.63, 3.8) is 0 Å². The van der Waals surface area contributed by atoms with Gasteiger partial charge in [0.05, 0.1) is 18.1 Å². The summed E-state index contributed by atoms with van der Waals surface area (Å²) in [4.78, 5) is 0. The molecule has 0 saturated carbocycles. The predicted molar refractivity (Wildman–Crippen MR) is 55.3 cm³/mol. The zero-order valence-electron chi connectivity index (χ0n) is 8.51. The standard InChI is InChI=1S/C12H15NO/c1-9(2)11(8-13)12(14)10-6-4-3-5-7-10/h3-7,9,11-12,14H,1-2H3/t11-,12+/m0/s1. The van der Waals surface area contributed by atoms with E-state index in [4.69, 9.17) is 5.26 Å². The molecule has 0 spiro atoms. The van der Waals surface area contributed by atoms with Crippen molar-refractivity contribution >= 4 is 0 Å². The third-order valence-electron chi connectivity index (χ3n) is 2.35. The van der Waals surface area contributed by atoms with E-state index in [1.807, 2.05) is 44.2 Å². The third kappa shape index (κ3) is 2.34. The number of benzene rings is 1. The second kappa shape index (κ2) is 4.78. The molecule has 0 amide bonds. The maximum Gasteiger partial charge on any atom is 0.0950 e. The van der Waals surface area contributed by atoms with Gasteiger partial charge in [0.1, 0.15) is 0 Å². The van der Waals surface area contributed by atoms with Gasteiger partial charge in [-0.1, -0.05) is 44.2 Å². The number of aliphatic hydroxyl groups is 1. The minimum atomic E-state index is -0.679. The van der Waals surface area contributed by atoms with Crippen LogP contribution in [-0.2, 0) is 0 Å². The van der Waals surface area contributed by atoms with Crippen molar-refractivity contribution in [3.05, 3.63) is 35.9 Å². The molecule has 0 aliphatic rings. The Kier molecular flexibility index (Phi) is 3.67. The summed E-state index contributed by atoms with van der Waals surface area (Å²) in [5.74, 6) is -0.174. The van der Waals surface area contributed by atoms with Crippen LogP contribution < -0.4 is 0 Å². The largest absolute Gasteiger partial charge is 0.387 e. The normalized spacial score (nSPS) is 14.8. The van der Waals surface area contributed by atoms with Crippen molar-refractivity contribution in [2.45, 2.75) is 20.0 Å². The minimum absolute atomic E-state index is 0.162. The van der Waals surface area contributed by atoms with Crippen LogP contribution in [-0.4, -0.2) is 5.11 Å². The number of nitriles is 1. The molecule has 2 atom stereocenters. The predicted octanol–water partition coefficient (Wildman–Crippen LogP) is 2.52. The Labute approximate surface area is 84.8 Å². The lowest BCUT2D eigenvalue weighted by Crippen LogP contribution is -2.16. The van der Waals surface area contributed by atoms with Gasteiger partial charge in [0.2, 0.25) is 0 Å². The third-order valence-corrected chi connectivity index (χ3v) is 2.35. The molecule has 0 radical (unpaired) electrons. The molecule has 1 N–H and O–H groups in total. The Bertz CT molecular complexity index is 313. The summed E-state index contributed by atoms with van der Waals surface area (Å²) in [6.07, 6.45) is -0.679. The molecule has 14 heavy (non-hydrogen) atoms. The average molecular weight is 189 g/mol. The number of nitrogens with zero attached hydrogens (tertiary/aromatic N) is 1. The van der Waals surface area contributed by atoms with E-state index in [1.54, 1.807) is 0 Å². The molecule has 2 nitrogen and oxygen atoms in total. The smallest absolute Gasteiger partial charge is 0.0950 e. The fourth-order valence-electron chi connectivity index (χ4n) is 1.44. The van der Waals surface area contributed by atoms with Gasteiger partial charge in [0, 0.05) is 0 Å². The summed E-state index contributed by atoms with van der Waals surface area (Å²) >= 11 is 0. The second-order valence-electron chi connectivity index (χ2n) is 3.75. The van der Waals surface area contributed by atoms with E-state index in [2.05, 4.69) is 6.07 Å². The lowest BCUT2D eigenvalue weighted by atomic mass is 9.88. The molecular weight excluding hydrogens is 174 g/mol. The van der Waals surface area contributed by atoms with Gasteiger partial charge in [-0.3, -0.25) is 0 Å². The van der Waals surface area contributed by atoms with E-state index < -0.39 is 6.10 Å². The van der Waals surface area contributed by atoms with Gasteiger partial charge in [-0.05, 0) is 11.5 Å². The van der Waals surface area contributed by atoms with Gasteiger partial charge >= 0.3 is 0 Å². The van der Waals surface area contributed by atoms with E-state index in [0.29, 0.717) is 0 Å². The lowest BCUT2D eigenvalue weighted by Gasteiger charge is -2.19. The maximum absolute atomic E-state index is 9.93. The average Bonchev–Trinajstić information content (AvgIpc) is 2.19. The molecule has 1 aromatic rings. The van der Waals surface area contributed by atoms with Gasteiger partial charge in [-0.15, -0.1) is 0 Å². The first kappa shape index (κ1) is 10.7. The fourth-order valence-corrected chi connectivity index (χ4v) is 1.44. The summed E-state index contributed by atoms with van der Waals surface area (Å²) in [7, 11) is 0. The highest BCUT2D eigenvalue weighted by atomic mass is 16.3. The van der Waals surface area contributed by atoms with Crippen LogP contribution in [0.2, 0.25) is 0 Å². The summed E-state index contributed by atoms with van der Waals surface area (Å²) < 4.78 is 0. The van der Waals surface area contributed by atoms with Crippen molar-refractivity contribution in [2.75, 3.05) is 0 Å². The molecule has 0 saturated heterocycles. The van der Waals surface area contributed by atoms with E-state index in [9.17, 15) is 5.11 Å². The van der Waals surface area contributed by atoms with Gasteiger partial charge in [0.25, 0.3) is 0 Å². The molecule has 2 heteroatoms. The highest BCUT2D eigenvalue weighted by Gasteiger charge is 2.23. The van der Waals surface area contributed by atoms with E-state index in [1.165, 1.54) is 0 Å². The molecule has 1 rings (SSSR count). The van der Waals surface area contributed by atoms with Crippen molar-refractivity contribution in [1.29, 1.82) is 5.26 Å². The highest BCUT2D eigenvalue weighted by molar-refractivity contribution is 5.19.